The first-order chi connectivity index (χ1) is 42.9. The van der Waals surface area contributed by atoms with E-state index in [0.29, 0.717) is 0 Å². The minimum Gasteiger partial charge on any atom is -0.493 e. The Kier molecular flexibility index (Phi) is 31.8. The molecule has 0 atom stereocenters. The smallest absolute Gasteiger partial charge is 0.129 e. The van der Waals surface area contributed by atoms with E-state index in [1.165, 1.54) is 345 Å². The fourth-order valence-corrected chi connectivity index (χ4v) is 18.6. The SMILES string of the molecule is CCCCCCCCCCCCOc1cc2cc(-c3sc(-c4ccc(-c5cc(CCCCCCCCCCCC)c(C)s5)c5nsnc45)cc3CCCCCCCCCCCC)sc2c2c(OCCCCCCCCCCCC)cc3cc(C)sc3c12. The van der Waals surface area contributed by atoms with Gasteiger partial charge in [0.1, 0.15) is 22.5 Å². The Morgan fingerprint density at radius 1 is 0.345 bits per heavy atom. The van der Waals surface area contributed by atoms with Gasteiger partial charge in [-0.2, -0.15) is 8.75 Å². The molecular formula is C78H114N2O2S5. The van der Waals surface area contributed by atoms with Crippen LogP contribution in [0.1, 0.15) is 305 Å². The number of fused-ring (bicyclic) bond motifs is 6. The van der Waals surface area contributed by atoms with Gasteiger partial charge in [-0.3, -0.25) is 0 Å². The molecule has 478 valence electrons. The fraction of sp³-hybridized carbons (Fsp3) is 0.641. The van der Waals surface area contributed by atoms with Crippen LogP contribution in [0, 0.1) is 13.8 Å². The van der Waals surface area contributed by atoms with Crippen molar-refractivity contribution in [3.05, 3.63) is 69.4 Å². The van der Waals surface area contributed by atoms with Crippen molar-refractivity contribution in [1.29, 1.82) is 0 Å². The van der Waals surface area contributed by atoms with Crippen LogP contribution in [0.4, 0.5) is 0 Å². The van der Waals surface area contributed by atoms with Crippen molar-refractivity contribution in [2.45, 2.75) is 311 Å². The first-order valence-corrected chi connectivity index (χ1v) is 40.1. The number of hydrogen-bond acceptors (Lipinski definition) is 9. The predicted octanol–water partition coefficient (Wildman–Crippen LogP) is 28.5. The van der Waals surface area contributed by atoms with Gasteiger partial charge in [0, 0.05) is 60.6 Å². The molecule has 0 spiro atoms. The lowest BCUT2D eigenvalue weighted by Crippen LogP contribution is -2.00. The molecular weight excluding hydrogens is 1160 g/mol. The van der Waals surface area contributed by atoms with Crippen molar-refractivity contribution in [2.24, 2.45) is 0 Å². The molecule has 0 bridgehead atoms. The van der Waals surface area contributed by atoms with E-state index in [9.17, 15) is 0 Å². The quantitative estimate of drug-likeness (QED) is 0.0357. The van der Waals surface area contributed by atoms with Crippen LogP contribution < -0.4 is 9.47 Å². The summed E-state index contributed by atoms with van der Waals surface area (Å²) in [4.78, 5) is 8.19. The summed E-state index contributed by atoms with van der Waals surface area (Å²) in [6.07, 6.45) is 55.8. The average Bonchev–Trinajstić information content (AvgIpc) is 1.82. The van der Waals surface area contributed by atoms with E-state index in [1.807, 2.05) is 45.3 Å². The molecule has 5 heterocycles. The van der Waals surface area contributed by atoms with E-state index in [2.05, 4.69) is 90.1 Å². The molecule has 0 radical (unpaired) electrons. The number of nitrogens with zero attached hydrogens (tertiary/aromatic N) is 2. The summed E-state index contributed by atoms with van der Waals surface area (Å²) in [6.45, 7) is 15.3. The largest absolute Gasteiger partial charge is 0.493 e. The molecule has 0 N–H and O–H groups in total. The van der Waals surface area contributed by atoms with Gasteiger partial charge < -0.3 is 9.47 Å². The highest BCUT2D eigenvalue weighted by Gasteiger charge is 2.24. The lowest BCUT2D eigenvalue weighted by molar-refractivity contribution is 0.305. The lowest BCUT2D eigenvalue weighted by atomic mass is 10.0. The number of thiophene rings is 4. The minimum absolute atomic E-state index is 0.742. The number of rotatable bonds is 49. The standard InChI is InChI=1S/C78H114N2O2S5/c1-7-11-15-19-23-27-31-35-39-43-47-61-56-69(84-60(61)6)65-49-50-66(75-74(65)79-87-80-75)70-57-62(48-44-40-36-32-28-24-20-16-12-8-2)76(85-70)71-58-64-55-68(82-52-46-42-38-34-30-26-22-18-14-10-4)72-73(78(64)86-71)67(54-63-53-59(5)83-77(63)72)81-51-45-41-37-33-29-25-21-17-13-9-3/h49-50,53-58H,7-48,51-52H2,1-6H3. The molecule has 8 aromatic rings. The molecule has 0 saturated carbocycles. The number of aromatic nitrogens is 2. The molecule has 0 unspecified atom stereocenters. The van der Waals surface area contributed by atoms with Crippen molar-refractivity contribution in [3.63, 3.8) is 0 Å². The Bertz CT molecular complexity index is 3160. The summed E-state index contributed by atoms with van der Waals surface area (Å²) in [5, 5.41) is 5.04. The average molecular weight is 1270 g/mol. The maximum absolute atomic E-state index is 7.08. The first-order valence-electron chi connectivity index (χ1n) is 36.1. The molecule has 87 heavy (non-hydrogen) atoms. The molecule has 3 aromatic carbocycles. The number of ether oxygens (including phenoxy) is 2. The van der Waals surface area contributed by atoms with Crippen molar-refractivity contribution in [1.82, 2.24) is 8.75 Å². The van der Waals surface area contributed by atoms with Crippen LogP contribution in [0.5, 0.6) is 11.5 Å². The van der Waals surface area contributed by atoms with E-state index in [1.54, 1.807) is 0 Å². The molecule has 0 amide bonds. The third-order valence-electron chi connectivity index (χ3n) is 18.5. The van der Waals surface area contributed by atoms with Crippen LogP contribution in [0.3, 0.4) is 0 Å². The lowest BCUT2D eigenvalue weighted by Gasteiger charge is -2.15. The zero-order valence-electron chi connectivity index (χ0n) is 55.5. The Hall–Kier alpha value is -3.34. The summed E-state index contributed by atoms with van der Waals surface area (Å²) < 4.78 is 27.0. The monoisotopic (exact) mass is 1270 g/mol. The molecule has 9 heteroatoms. The molecule has 4 nitrogen and oxygen atoms in total. The molecule has 0 aliphatic heterocycles. The number of unbranched alkanes of at least 4 members (excludes halogenated alkanes) is 36. The van der Waals surface area contributed by atoms with Gasteiger partial charge in [-0.1, -0.05) is 271 Å². The maximum atomic E-state index is 7.08. The van der Waals surface area contributed by atoms with Gasteiger partial charge in [0.15, 0.2) is 0 Å². The summed E-state index contributed by atoms with van der Waals surface area (Å²) in [5.41, 5.74) is 7.53. The van der Waals surface area contributed by atoms with Crippen molar-refractivity contribution in [3.8, 4) is 42.1 Å². The molecule has 8 rings (SSSR count). The van der Waals surface area contributed by atoms with Gasteiger partial charge in [-0.25, -0.2) is 0 Å². The first kappa shape index (κ1) is 69.5. The number of benzene rings is 3. The van der Waals surface area contributed by atoms with Gasteiger partial charge in [0.2, 0.25) is 0 Å². The van der Waals surface area contributed by atoms with Gasteiger partial charge in [-0.15, -0.1) is 45.3 Å². The Labute approximate surface area is 549 Å². The van der Waals surface area contributed by atoms with Crippen LogP contribution in [-0.4, -0.2) is 22.0 Å². The van der Waals surface area contributed by atoms with Crippen molar-refractivity contribution >= 4 is 99.1 Å². The zero-order chi connectivity index (χ0) is 60.7. The zero-order valence-corrected chi connectivity index (χ0v) is 59.6. The van der Waals surface area contributed by atoms with Crippen LogP contribution in [-0.2, 0) is 12.8 Å². The highest BCUT2D eigenvalue weighted by Crippen LogP contribution is 2.52. The third kappa shape index (κ3) is 21.6. The second-order valence-corrected chi connectivity index (χ2v) is 31.2. The molecule has 0 saturated heterocycles. The van der Waals surface area contributed by atoms with Crippen LogP contribution in [0.15, 0.2) is 48.5 Å². The summed E-state index contributed by atoms with van der Waals surface area (Å²) >= 11 is 9.19. The fourth-order valence-electron chi connectivity index (χ4n) is 13.3. The van der Waals surface area contributed by atoms with Crippen LogP contribution in [0.2, 0.25) is 0 Å². The molecule has 0 aliphatic carbocycles. The maximum Gasteiger partial charge on any atom is 0.129 e. The molecule has 0 fully saturated rings. The van der Waals surface area contributed by atoms with E-state index in [0.717, 1.165) is 55.0 Å². The Morgan fingerprint density at radius 3 is 1.16 bits per heavy atom. The van der Waals surface area contributed by atoms with Crippen LogP contribution in [0.25, 0.3) is 72.6 Å². The Balaban J connectivity index is 1.07. The topological polar surface area (TPSA) is 44.2 Å². The van der Waals surface area contributed by atoms with Gasteiger partial charge in [-0.05, 0) is 111 Å². The van der Waals surface area contributed by atoms with Gasteiger partial charge in [0.25, 0.3) is 0 Å². The molecule has 5 aromatic heterocycles. The van der Waals surface area contributed by atoms with E-state index >= 15 is 0 Å². The summed E-state index contributed by atoms with van der Waals surface area (Å²) in [5.74, 6) is 2.05. The number of aryl methyl sites for hydroxylation is 4. The van der Waals surface area contributed by atoms with E-state index in [-0.39, 0.29) is 0 Å². The van der Waals surface area contributed by atoms with Crippen LogP contribution >= 0.6 is 57.1 Å². The normalized spacial score (nSPS) is 12.0. The minimum atomic E-state index is 0.742. The van der Waals surface area contributed by atoms with Crippen molar-refractivity contribution in [2.75, 3.05) is 13.2 Å². The number of hydrogen-bond donors (Lipinski definition) is 0. The highest BCUT2D eigenvalue weighted by atomic mass is 32.1. The summed E-state index contributed by atoms with van der Waals surface area (Å²) in [6, 6.07) is 19.4. The third-order valence-corrected chi connectivity index (χ3v) is 23.8. The predicted molar refractivity (Wildman–Crippen MR) is 393 cm³/mol. The van der Waals surface area contributed by atoms with Gasteiger partial charge >= 0.3 is 0 Å². The van der Waals surface area contributed by atoms with Crippen molar-refractivity contribution < 1.29 is 9.47 Å². The van der Waals surface area contributed by atoms with E-state index < -0.39 is 0 Å². The Morgan fingerprint density at radius 2 is 0.713 bits per heavy atom. The van der Waals surface area contributed by atoms with E-state index in [4.69, 9.17) is 18.2 Å². The summed E-state index contributed by atoms with van der Waals surface area (Å²) in [7, 11) is 0. The second-order valence-electron chi connectivity index (χ2n) is 26.0. The second kappa shape index (κ2) is 39.8. The highest BCUT2D eigenvalue weighted by molar-refractivity contribution is 7.28. The van der Waals surface area contributed by atoms with Gasteiger partial charge in [0.05, 0.1) is 24.9 Å². The molecule has 0 aliphatic rings.